The van der Waals surface area contributed by atoms with Crippen molar-refractivity contribution in [2.75, 3.05) is 0 Å². The maximum absolute atomic E-state index is 13.0. The van der Waals surface area contributed by atoms with Crippen LogP contribution in [0.1, 0.15) is 79.6 Å². The molecule has 0 bridgehead atoms. The highest BCUT2D eigenvalue weighted by atomic mass is 16.6. The second kappa shape index (κ2) is 8.14. The number of rotatable bonds is 3. The lowest BCUT2D eigenvalue weighted by molar-refractivity contribution is -0.209. The summed E-state index contributed by atoms with van der Waals surface area (Å²) < 4.78 is 17.1. The SMILES string of the molecule is CC(=O)O[C@H]1C[C@@H]2CC[C@@H]3[C@@H]4[C@@H](OC(C)=O)CC(=O)[C@]4(C)CC[C@@H]3[C@@]2(C)[C@H](OC(C)=O)C1. The van der Waals surface area contributed by atoms with E-state index in [0.29, 0.717) is 12.8 Å². The molecule has 4 rings (SSSR count). The zero-order chi connectivity index (χ0) is 23.4. The molecule has 0 spiro atoms. The van der Waals surface area contributed by atoms with Crippen molar-refractivity contribution in [1.82, 2.24) is 0 Å². The van der Waals surface area contributed by atoms with Crippen molar-refractivity contribution in [3.05, 3.63) is 0 Å². The van der Waals surface area contributed by atoms with Crippen molar-refractivity contribution in [2.45, 2.75) is 97.9 Å². The van der Waals surface area contributed by atoms with E-state index in [4.69, 9.17) is 14.2 Å². The van der Waals surface area contributed by atoms with Gasteiger partial charge in [0.15, 0.2) is 0 Å². The average molecular weight is 449 g/mol. The van der Waals surface area contributed by atoms with Crippen LogP contribution >= 0.6 is 0 Å². The Labute approximate surface area is 189 Å². The summed E-state index contributed by atoms with van der Waals surface area (Å²) in [6, 6.07) is 0. The van der Waals surface area contributed by atoms with Crippen molar-refractivity contribution in [1.29, 1.82) is 0 Å². The molecular formula is C25H36O7. The van der Waals surface area contributed by atoms with E-state index in [1.807, 2.05) is 0 Å². The lowest BCUT2D eigenvalue weighted by atomic mass is 9.44. The number of esters is 3. The summed E-state index contributed by atoms with van der Waals surface area (Å²) in [7, 11) is 0. The predicted molar refractivity (Wildman–Crippen MR) is 114 cm³/mol. The fraction of sp³-hybridized carbons (Fsp3) is 0.840. The zero-order valence-corrected chi connectivity index (χ0v) is 19.8. The van der Waals surface area contributed by atoms with Gasteiger partial charge in [0.05, 0.1) is 0 Å². The van der Waals surface area contributed by atoms with Crippen LogP contribution in [-0.4, -0.2) is 42.0 Å². The predicted octanol–water partition coefficient (Wildman–Crippen LogP) is 3.61. The standard InChI is InChI=1S/C25H36O7/c1-13(26)30-17-10-16-6-7-18-19(25(16,5)22(11-17)32-15(3)28)8-9-24(4)21(29)12-20(23(18)24)31-14(2)27/h16-20,22-23H,6-12H2,1-5H3/t16-,17-,18-,19-,20-,22+,23+,24-,25-/m0/s1. The normalized spacial score (nSPS) is 45.2. The van der Waals surface area contributed by atoms with Crippen LogP contribution in [0.5, 0.6) is 0 Å². The van der Waals surface area contributed by atoms with Crippen molar-refractivity contribution in [2.24, 2.45) is 34.5 Å². The first-order valence-electron chi connectivity index (χ1n) is 12.0. The number of hydrogen-bond acceptors (Lipinski definition) is 7. The molecule has 0 saturated heterocycles. The molecule has 0 aliphatic heterocycles. The molecular weight excluding hydrogens is 412 g/mol. The van der Waals surface area contributed by atoms with E-state index in [9.17, 15) is 19.2 Å². The molecule has 7 nitrogen and oxygen atoms in total. The van der Waals surface area contributed by atoms with E-state index in [1.165, 1.54) is 20.8 Å². The summed E-state index contributed by atoms with van der Waals surface area (Å²) in [6.07, 6.45) is 4.11. The number of fused-ring (bicyclic) bond motifs is 5. The highest BCUT2D eigenvalue weighted by molar-refractivity contribution is 5.88. The van der Waals surface area contributed by atoms with E-state index in [-0.39, 0.29) is 71.1 Å². The second-order valence-corrected chi connectivity index (χ2v) is 11.0. The monoisotopic (exact) mass is 448 g/mol. The molecule has 7 heteroatoms. The van der Waals surface area contributed by atoms with Crippen LogP contribution in [0, 0.1) is 34.5 Å². The summed E-state index contributed by atoms with van der Waals surface area (Å²) in [6.45, 7) is 8.53. The van der Waals surface area contributed by atoms with Crippen LogP contribution in [0.25, 0.3) is 0 Å². The minimum Gasteiger partial charge on any atom is -0.462 e. The van der Waals surface area contributed by atoms with Gasteiger partial charge in [-0.1, -0.05) is 13.8 Å². The van der Waals surface area contributed by atoms with Crippen LogP contribution in [0.4, 0.5) is 0 Å². The minimum atomic E-state index is -0.462. The Hall–Kier alpha value is -1.92. The van der Waals surface area contributed by atoms with Gasteiger partial charge in [0.1, 0.15) is 24.1 Å². The molecule has 0 aromatic rings. The smallest absolute Gasteiger partial charge is 0.302 e. The zero-order valence-electron chi connectivity index (χ0n) is 19.8. The molecule has 0 aromatic carbocycles. The van der Waals surface area contributed by atoms with Gasteiger partial charge in [0, 0.05) is 50.4 Å². The van der Waals surface area contributed by atoms with Crippen LogP contribution in [-0.2, 0) is 33.4 Å². The maximum atomic E-state index is 13.0. The molecule has 0 N–H and O–H groups in total. The number of ether oxygens (including phenoxy) is 3. The number of ketones is 1. The molecule has 9 atom stereocenters. The van der Waals surface area contributed by atoms with Gasteiger partial charge in [-0.15, -0.1) is 0 Å². The molecule has 0 amide bonds. The van der Waals surface area contributed by atoms with Crippen LogP contribution in [0.3, 0.4) is 0 Å². The van der Waals surface area contributed by atoms with Gasteiger partial charge in [-0.05, 0) is 49.9 Å². The van der Waals surface area contributed by atoms with Crippen LogP contribution in [0.15, 0.2) is 0 Å². The second-order valence-electron chi connectivity index (χ2n) is 11.0. The molecule has 0 unspecified atom stereocenters. The average Bonchev–Trinajstić information content (AvgIpc) is 2.91. The quantitative estimate of drug-likeness (QED) is 0.481. The molecule has 4 saturated carbocycles. The van der Waals surface area contributed by atoms with Crippen molar-refractivity contribution >= 4 is 23.7 Å². The lowest BCUT2D eigenvalue weighted by Crippen LogP contribution is -2.61. The first kappa shape index (κ1) is 23.2. The highest BCUT2D eigenvalue weighted by Gasteiger charge is 2.66. The minimum absolute atomic E-state index is 0.000374. The molecule has 32 heavy (non-hydrogen) atoms. The Morgan fingerprint density at radius 2 is 1.53 bits per heavy atom. The maximum Gasteiger partial charge on any atom is 0.302 e. The van der Waals surface area contributed by atoms with Crippen LogP contribution < -0.4 is 0 Å². The third-order valence-corrected chi connectivity index (χ3v) is 9.32. The van der Waals surface area contributed by atoms with E-state index in [2.05, 4.69) is 13.8 Å². The summed E-state index contributed by atoms with van der Waals surface area (Å²) in [5, 5.41) is 0. The van der Waals surface area contributed by atoms with Crippen LogP contribution in [0.2, 0.25) is 0 Å². The molecule has 4 aliphatic carbocycles. The van der Waals surface area contributed by atoms with Gasteiger partial charge in [-0.25, -0.2) is 0 Å². The fourth-order valence-corrected chi connectivity index (χ4v) is 8.09. The third-order valence-electron chi connectivity index (χ3n) is 9.32. The van der Waals surface area contributed by atoms with Crippen molar-refractivity contribution < 1.29 is 33.4 Å². The lowest BCUT2D eigenvalue weighted by Gasteiger charge is -2.62. The number of carbonyl (C=O) groups excluding carboxylic acids is 4. The highest BCUT2D eigenvalue weighted by Crippen LogP contribution is 2.66. The summed E-state index contributed by atoms with van der Waals surface area (Å²) >= 11 is 0. The van der Waals surface area contributed by atoms with Gasteiger partial charge < -0.3 is 14.2 Å². The Morgan fingerprint density at radius 3 is 2.16 bits per heavy atom. The largest absolute Gasteiger partial charge is 0.462 e. The number of hydrogen-bond donors (Lipinski definition) is 0. The van der Waals surface area contributed by atoms with Crippen molar-refractivity contribution in [3.63, 3.8) is 0 Å². The first-order chi connectivity index (χ1) is 15.0. The molecule has 178 valence electrons. The third kappa shape index (κ3) is 3.65. The Bertz CT molecular complexity index is 821. The van der Waals surface area contributed by atoms with E-state index in [0.717, 1.165) is 32.1 Å². The van der Waals surface area contributed by atoms with Gasteiger partial charge in [-0.2, -0.15) is 0 Å². The molecule has 0 radical (unpaired) electrons. The molecule has 0 heterocycles. The number of carbonyl (C=O) groups is 4. The first-order valence-corrected chi connectivity index (χ1v) is 12.0. The van der Waals surface area contributed by atoms with E-state index >= 15 is 0 Å². The molecule has 4 aliphatic rings. The molecule has 0 aromatic heterocycles. The van der Waals surface area contributed by atoms with Gasteiger partial charge >= 0.3 is 17.9 Å². The van der Waals surface area contributed by atoms with Gasteiger partial charge in [0.2, 0.25) is 0 Å². The number of Topliss-reactive ketones (excluding diaryl/α,β-unsaturated/α-hetero) is 1. The fourth-order valence-electron chi connectivity index (χ4n) is 8.09. The van der Waals surface area contributed by atoms with Gasteiger partial charge in [-0.3, -0.25) is 19.2 Å². The van der Waals surface area contributed by atoms with E-state index in [1.54, 1.807) is 0 Å². The molecule has 4 fully saturated rings. The Morgan fingerprint density at radius 1 is 0.875 bits per heavy atom. The summed E-state index contributed by atoms with van der Waals surface area (Å²) in [4.78, 5) is 48.5. The van der Waals surface area contributed by atoms with Crippen molar-refractivity contribution in [3.8, 4) is 0 Å². The van der Waals surface area contributed by atoms with E-state index < -0.39 is 5.41 Å². The summed E-state index contributed by atoms with van der Waals surface area (Å²) in [5.74, 6) is -0.0196. The summed E-state index contributed by atoms with van der Waals surface area (Å²) in [5.41, 5.74) is -0.727. The Balaban J connectivity index is 1.68. The van der Waals surface area contributed by atoms with Gasteiger partial charge in [0.25, 0.3) is 0 Å². The Kier molecular flexibility index (Phi) is 5.91. The topological polar surface area (TPSA) is 96.0 Å².